The molecule has 0 aliphatic rings. The van der Waals surface area contributed by atoms with Crippen LogP contribution >= 0.6 is 22.6 Å². The van der Waals surface area contributed by atoms with E-state index in [0.29, 0.717) is 9.32 Å². The van der Waals surface area contributed by atoms with Gasteiger partial charge in [-0.25, -0.2) is 0 Å². The third kappa shape index (κ3) is 4.47. The first-order chi connectivity index (χ1) is 13.2. The average molecular weight is 492 g/mol. The fraction of sp³-hybridized carbons (Fsp3) is 0.158. The number of nitro benzene ring substituents is 1. The lowest BCUT2D eigenvalue weighted by atomic mass is 10.1. The van der Waals surface area contributed by atoms with Crippen molar-refractivity contribution in [2.24, 2.45) is 7.05 Å². The lowest BCUT2D eigenvalue weighted by Gasteiger charge is -2.11. The predicted molar refractivity (Wildman–Crippen MR) is 113 cm³/mol. The summed E-state index contributed by atoms with van der Waals surface area (Å²) in [6, 6.07) is 9.86. The first-order valence-electron chi connectivity index (χ1n) is 8.28. The van der Waals surface area contributed by atoms with Gasteiger partial charge in [0.15, 0.2) is 5.69 Å². The maximum absolute atomic E-state index is 12.5. The number of nitro groups is 1. The van der Waals surface area contributed by atoms with Gasteiger partial charge >= 0.3 is 0 Å². The molecule has 0 radical (unpaired) electrons. The van der Waals surface area contributed by atoms with Crippen LogP contribution in [0.3, 0.4) is 0 Å². The van der Waals surface area contributed by atoms with Crippen LogP contribution in [-0.4, -0.2) is 20.6 Å². The molecule has 0 saturated carbocycles. The number of aromatic nitrogens is 2. The van der Waals surface area contributed by atoms with E-state index in [1.54, 1.807) is 19.3 Å². The average Bonchev–Trinajstić information content (AvgIpc) is 2.96. The van der Waals surface area contributed by atoms with E-state index in [2.05, 4.69) is 10.4 Å². The molecular formula is C19H17IN4O4. The number of benzene rings is 2. The normalized spacial score (nSPS) is 10.6. The van der Waals surface area contributed by atoms with Gasteiger partial charge in [-0.1, -0.05) is 12.1 Å². The summed E-state index contributed by atoms with van der Waals surface area (Å²) in [5.41, 5.74) is 2.21. The molecule has 3 rings (SSSR count). The zero-order valence-electron chi connectivity index (χ0n) is 15.4. The molecule has 0 fully saturated rings. The number of anilines is 1. The molecule has 2 aromatic carbocycles. The molecule has 1 aromatic heterocycles. The largest absolute Gasteiger partial charge is 0.457 e. The lowest BCUT2D eigenvalue weighted by Crippen LogP contribution is -2.14. The van der Waals surface area contributed by atoms with Crippen molar-refractivity contribution in [3.63, 3.8) is 0 Å². The van der Waals surface area contributed by atoms with Gasteiger partial charge < -0.3 is 10.1 Å². The maximum Gasteiger partial charge on any atom is 0.277 e. The Morgan fingerprint density at radius 1 is 1.25 bits per heavy atom. The van der Waals surface area contributed by atoms with Gasteiger partial charge in [0, 0.05) is 25.4 Å². The van der Waals surface area contributed by atoms with Gasteiger partial charge in [0.1, 0.15) is 11.5 Å². The molecule has 0 spiro atoms. The molecule has 1 N–H and O–H groups in total. The van der Waals surface area contributed by atoms with Crippen LogP contribution in [-0.2, 0) is 7.05 Å². The number of hydrogen-bond donors (Lipinski definition) is 1. The van der Waals surface area contributed by atoms with Gasteiger partial charge in [-0.3, -0.25) is 19.6 Å². The molecule has 0 atom stereocenters. The molecule has 0 aliphatic carbocycles. The van der Waals surface area contributed by atoms with Crippen LogP contribution in [0.15, 0.2) is 42.6 Å². The van der Waals surface area contributed by atoms with Crippen LogP contribution in [0, 0.1) is 27.5 Å². The van der Waals surface area contributed by atoms with Crippen molar-refractivity contribution in [2.45, 2.75) is 13.8 Å². The Balaban J connectivity index is 1.93. The van der Waals surface area contributed by atoms with E-state index in [9.17, 15) is 14.9 Å². The van der Waals surface area contributed by atoms with Crippen LogP contribution in [0.4, 0.5) is 11.4 Å². The number of aryl methyl sites for hydroxylation is 3. The zero-order valence-corrected chi connectivity index (χ0v) is 17.6. The number of hydrogen-bond acceptors (Lipinski definition) is 5. The Labute approximate surface area is 174 Å². The summed E-state index contributed by atoms with van der Waals surface area (Å²) < 4.78 is 8.06. The molecule has 0 aliphatic heterocycles. The Kier molecular flexibility index (Phi) is 5.63. The maximum atomic E-state index is 12.5. The minimum absolute atomic E-state index is 0.186. The van der Waals surface area contributed by atoms with Crippen molar-refractivity contribution >= 4 is 39.9 Å². The van der Waals surface area contributed by atoms with Gasteiger partial charge in [0.25, 0.3) is 11.6 Å². The number of nitrogens with one attached hydrogen (secondary N) is 1. The molecule has 3 aromatic rings. The van der Waals surface area contributed by atoms with Crippen molar-refractivity contribution in [3.8, 4) is 11.5 Å². The summed E-state index contributed by atoms with van der Waals surface area (Å²) in [6.45, 7) is 3.82. The van der Waals surface area contributed by atoms with Crippen molar-refractivity contribution in [3.05, 3.63) is 73.1 Å². The Morgan fingerprint density at radius 2 is 2.00 bits per heavy atom. The van der Waals surface area contributed by atoms with Gasteiger partial charge in [0.05, 0.1) is 20.2 Å². The molecule has 0 unspecified atom stereocenters. The topological polar surface area (TPSA) is 99.3 Å². The van der Waals surface area contributed by atoms with E-state index in [0.717, 1.165) is 11.1 Å². The molecule has 0 bridgehead atoms. The van der Waals surface area contributed by atoms with Crippen LogP contribution in [0.5, 0.6) is 11.5 Å². The molecule has 0 saturated heterocycles. The van der Waals surface area contributed by atoms with Gasteiger partial charge in [-0.15, -0.1) is 0 Å². The molecular weight excluding hydrogens is 475 g/mol. The first-order valence-corrected chi connectivity index (χ1v) is 9.36. The number of carbonyl (C=O) groups is 1. The van der Waals surface area contributed by atoms with E-state index < -0.39 is 10.8 Å². The van der Waals surface area contributed by atoms with E-state index in [1.165, 1.54) is 16.8 Å². The summed E-state index contributed by atoms with van der Waals surface area (Å²) in [5, 5.41) is 18.1. The Morgan fingerprint density at radius 3 is 2.64 bits per heavy atom. The SMILES string of the molecule is Cc1ccc(C)c(Oc2cc(NC(=O)c3nn(C)cc3I)cc([N+](=O)[O-])c2)c1. The van der Waals surface area contributed by atoms with E-state index >= 15 is 0 Å². The van der Waals surface area contributed by atoms with E-state index in [4.69, 9.17) is 4.74 Å². The second-order valence-electron chi connectivity index (χ2n) is 6.30. The number of carbonyl (C=O) groups excluding carboxylic acids is 1. The number of rotatable bonds is 5. The quantitative estimate of drug-likeness (QED) is 0.319. The van der Waals surface area contributed by atoms with Crippen molar-refractivity contribution in [1.29, 1.82) is 0 Å². The van der Waals surface area contributed by atoms with Crippen LogP contribution in [0.2, 0.25) is 0 Å². The van der Waals surface area contributed by atoms with Crippen LogP contribution in [0.25, 0.3) is 0 Å². The van der Waals surface area contributed by atoms with Crippen LogP contribution < -0.4 is 10.1 Å². The second-order valence-corrected chi connectivity index (χ2v) is 7.46. The third-order valence-corrected chi connectivity index (χ3v) is 4.72. The molecule has 1 heterocycles. The molecule has 28 heavy (non-hydrogen) atoms. The highest BCUT2D eigenvalue weighted by molar-refractivity contribution is 14.1. The monoisotopic (exact) mass is 492 g/mol. The predicted octanol–water partition coefficient (Wildman–Crippen LogP) is 4.59. The standard InChI is InChI=1S/C19H17IN4O4/c1-11-4-5-12(2)17(6-11)28-15-8-13(7-14(9-15)24(26)27)21-19(25)18-16(20)10-23(3)22-18/h4-10H,1-3H3,(H,21,25). The highest BCUT2D eigenvalue weighted by atomic mass is 127. The van der Waals surface area contributed by atoms with Gasteiger partial charge in [-0.2, -0.15) is 5.10 Å². The van der Waals surface area contributed by atoms with E-state index in [1.807, 2.05) is 54.6 Å². The summed E-state index contributed by atoms with van der Waals surface area (Å²) in [4.78, 5) is 23.3. The van der Waals surface area contributed by atoms with Crippen molar-refractivity contribution in [2.75, 3.05) is 5.32 Å². The number of amides is 1. The molecule has 1 amide bonds. The first kappa shape index (κ1) is 19.8. The summed E-state index contributed by atoms with van der Waals surface area (Å²) in [6.07, 6.45) is 1.71. The number of non-ortho nitro benzene ring substituents is 1. The highest BCUT2D eigenvalue weighted by Crippen LogP contribution is 2.32. The molecule has 9 heteroatoms. The molecule has 144 valence electrons. The lowest BCUT2D eigenvalue weighted by molar-refractivity contribution is -0.384. The minimum atomic E-state index is -0.532. The number of nitrogens with zero attached hydrogens (tertiary/aromatic N) is 3. The zero-order chi connectivity index (χ0) is 20.4. The van der Waals surface area contributed by atoms with Crippen LogP contribution in [0.1, 0.15) is 21.6 Å². The summed E-state index contributed by atoms with van der Waals surface area (Å²) >= 11 is 2.01. The Bertz CT molecular complexity index is 1080. The second kappa shape index (κ2) is 7.97. The van der Waals surface area contributed by atoms with Crippen molar-refractivity contribution in [1.82, 2.24) is 9.78 Å². The van der Waals surface area contributed by atoms with E-state index in [-0.39, 0.29) is 22.8 Å². The Hall–Kier alpha value is -2.95. The van der Waals surface area contributed by atoms with Gasteiger partial charge in [-0.05, 0) is 53.6 Å². The third-order valence-electron chi connectivity index (χ3n) is 3.93. The fourth-order valence-electron chi connectivity index (χ4n) is 2.57. The molecule has 8 nitrogen and oxygen atoms in total. The highest BCUT2D eigenvalue weighted by Gasteiger charge is 2.18. The number of ether oxygens (including phenoxy) is 1. The minimum Gasteiger partial charge on any atom is -0.457 e. The number of halogens is 1. The smallest absolute Gasteiger partial charge is 0.277 e. The summed E-state index contributed by atoms with van der Waals surface area (Å²) in [5.74, 6) is 0.397. The van der Waals surface area contributed by atoms with Gasteiger partial charge in [0.2, 0.25) is 0 Å². The fourth-order valence-corrected chi connectivity index (χ4v) is 3.32. The van der Waals surface area contributed by atoms with Crippen molar-refractivity contribution < 1.29 is 14.5 Å². The summed E-state index contributed by atoms with van der Waals surface area (Å²) in [7, 11) is 1.71.